The molecule has 108 valence electrons. The molecule has 4 nitrogen and oxygen atoms in total. The summed E-state index contributed by atoms with van der Waals surface area (Å²) in [5.74, 6) is 0. The van der Waals surface area contributed by atoms with E-state index >= 15 is 0 Å². The monoisotopic (exact) mass is 266 g/mol. The number of aliphatic hydroxyl groups excluding tert-OH is 1. The highest BCUT2D eigenvalue weighted by Crippen LogP contribution is 2.17. The van der Waals surface area contributed by atoms with Gasteiger partial charge in [-0.25, -0.2) is 0 Å². The number of unbranched alkanes of at least 4 members (excludes halogenated alkanes) is 1. The van der Waals surface area contributed by atoms with Crippen LogP contribution in [0.5, 0.6) is 0 Å². The van der Waals surface area contributed by atoms with E-state index in [1.807, 2.05) is 26.2 Å². The Morgan fingerprint density at radius 3 is 2.84 bits per heavy atom. The lowest BCUT2D eigenvalue weighted by Gasteiger charge is -2.16. The average Bonchev–Trinajstić information content (AvgIpc) is 2.41. The molecule has 2 N–H and O–H groups in total. The molecule has 0 aliphatic carbocycles. The minimum absolute atomic E-state index is 0.389. The molecule has 1 atom stereocenters. The third-order valence-corrected chi connectivity index (χ3v) is 2.86. The van der Waals surface area contributed by atoms with E-state index < -0.39 is 6.10 Å². The minimum Gasteiger partial charge on any atom is -0.389 e. The van der Waals surface area contributed by atoms with Gasteiger partial charge in [0.05, 0.1) is 12.7 Å². The molecule has 0 heterocycles. The van der Waals surface area contributed by atoms with Crippen molar-refractivity contribution in [1.82, 2.24) is 0 Å². The van der Waals surface area contributed by atoms with Gasteiger partial charge in [0.25, 0.3) is 0 Å². The van der Waals surface area contributed by atoms with Gasteiger partial charge in [-0.15, -0.1) is 0 Å². The SMILES string of the molecule is CCCCOCC(O)CNc1cccc(N(C)C)c1. The number of ether oxygens (including phenoxy) is 1. The topological polar surface area (TPSA) is 44.7 Å². The molecule has 0 bridgehead atoms. The number of rotatable bonds is 9. The molecular formula is C15H26N2O2. The highest BCUT2D eigenvalue weighted by Gasteiger charge is 2.04. The first-order chi connectivity index (χ1) is 9.13. The maximum atomic E-state index is 9.79. The number of nitrogens with one attached hydrogen (secondary N) is 1. The third-order valence-electron chi connectivity index (χ3n) is 2.86. The van der Waals surface area contributed by atoms with Crippen LogP contribution in [0.1, 0.15) is 19.8 Å². The van der Waals surface area contributed by atoms with Crippen LogP contribution in [0.3, 0.4) is 0 Å². The molecule has 0 spiro atoms. The maximum absolute atomic E-state index is 9.79. The summed E-state index contributed by atoms with van der Waals surface area (Å²) in [7, 11) is 4.02. The Bertz CT molecular complexity index is 356. The van der Waals surface area contributed by atoms with Crippen LogP contribution in [0.2, 0.25) is 0 Å². The molecule has 0 saturated carbocycles. The molecule has 0 amide bonds. The molecule has 0 fully saturated rings. The molecule has 0 aliphatic rings. The first-order valence-electron chi connectivity index (χ1n) is 6.90. The zero-order chi connectivity index (χ0) is 14.1. The van der Waals surface area contributed by atoms with Gasteiger partial charge in [-0.1, -0.05) is 19.4 Å². The number of benzene rings is 1. The Morgan fingerprint density at radius 2 is 2.16 bits per heavy atom. The van der Waals surface area contributed by atoms with Crippen LogP contribution < -0.4 is 10.2 Å². The fourth-order valence-corrected chi connectivity index (χ4v) is 1.65. The molecule has 1 unspecified atom stereocenters. The predicted molar refractivity (Wildman–Crippen MR) is 81.0 cm³/mol. The summed E-state index contributed by atoms with van der Waals surface area (Å²) in [4.78, 5) is 2.05. The summed E-state index contributed by atoms with van der Waals surface area (Å²) in [6.07, 6.45) is 1.69. The second-order valence-corrected chi connectivity index (χ2v) is 4.91. The number of hydrogen-bond acceptors (Lipinski definition) is 4. The summed E-state index contributed by atoms with van der Waals surface area (Å²) in [6, 6.07) is 8.11. The fraction of sp³-hybridized carbons (Fsp3) is 0.600. The first kappa shape index (κ1) is 15.8. The second kappa shape index (κ2) is 8.77. The van der Waals surface area contributed by atoms with Crippen LogP contribution in [0, 0.1) is 0 Å². The van der Waals surface area contributed by atoms with Gasteiger partial charge in [0.15, 0.2) is 0 Å². The Morgan fingerprint density at radius 1 is 1.37 bits per heavy atom. The third kappa shape index (κ3) is 6.45. The first-order valence-corrected chi connectivity index (χ1v) is 6.90. The Kier molecular flexibility index (Phi) is 7.30. The molecule has 0 aliphatic heterocycles. The number of aliphatic hydroxyl groups is 1. The minimum atomic E-state index is -0.472. The molecule has 19 heavy (non-hydrogen) atoms. The Hall–Kier alpha value is -1.26. The van der Waals surface area contributed by atoms with E-state index in [4.69, 9.17) is 4.74 Å². The standard InChI is InChI=1S/C15H26N2O2/c1-4-5-9-19-12-15(18)11-16-13-7-6-8-14(10-13)17(2)3/h6-8,10,15-16,18H,4-5,9,11-12H2,1-3H3. The van der Waals surface area contributed by atoms with Crippen LogP contribution in [-0.4, -0.2) is 45.1 Å². The van der Waals surface area contributed by atoms with Gasteiger partial charge >= 0.3 is 0 Å². The van der Waals surface area contributed by atoms with Crippen molar-refractivity contribution in [2.24, 2.45) is 0 Å². The van der Waals surface area contributed by atoms with Gasteiger partial charge in [-0.05, 0) is 24.6 Å². The lowest BCUT2D eigenvalue weighted by atomic mass is 10.2. The van der Waals surface area contributed by atoms with Gasteiger partial charge in [-0.2, -0.15) is 0 Å². The van der Waals surface area contributed by atoms with Crippen molar-refractivity contribution in [2.75, 3.05) is 44.1 Å². The van der Waals surface area contributed by atoms with Crippen molar-refractivity contribution in [3.05, 3.63) is 24.3 Å². The molecule has 1 aromatic rings. The summed E-state index contributed by atoms with van der Waals surface area (Å²) < 4.78 is 5.39. The van der Waals surface area contributed by atoms with Crippen LogP contribution in [0.25, 0.3) is 0 Å². The van der Waals surface area contributed by atoms with E-state index in [1.54, 1.807) is 0 Å². The lowest BCUT2D eigenvalue weighted by molar-refractivity contribution is 0.0422. The predicted octanol–water partition coefficient (Wildman–Crippen LogP) is 2.34. The summed E-state index contributed by atoms with van der Waals surface area (Å²) in [5.41, 5.74) is 2.15. The molecule has 0 aromatic heterocycles. The van der Waals surface area contributed by atoms with Gasteiger partial charge in [0, 0.05) is 38.6 Å². The normalized spacial score (nSPS) is 12.2. The average molecular weight is 266 g/mol. The molecule has 0 saturated heterocycles. The highest BCUT2D eigenvalue weighted by molar-refractivity contribution is 5.57. The van der Waals surface area contributed by atoms with Crippen LogP contribution in [0.15, 0.2) is 24.3 Å². The van der Waals surface area contributed by atoms with E-state index in [0.29, 0.717) is 13.2 Å². The molecule has 1 rings (SSSR count). The van der Waals surface area contributed by atoms with Crippen LogP contribution in [-0.2, 0) is 4.74 Å². The highest BCUT2D eigenvalue weighted by atomic mass is 16.5. The molecule has 4 heteroatoms. The smallest absolute Gasteiger partial charge is 0.0945 e. The quantitative estimate of drug-likeness (QED) is 0.673. The Balaban J connectivity index is 2.29. The summed E-state index contributed by atoms with van der Waals surface area (Å²) >= 11 is 0. The van der Waals surface area contributed by atoms with Crippen molar-refractivity contribution in [3.8, 4) is 0 Å². The van der Waals surface area contributed by atoms with Crippen molar-refractivity contribution in [3.63, 3.8) is 0 Å². The lowest BCUT2D eigenvalue weighted by Crippen LogP contribution is -2.25. The molecule has 1 aromatic carbocycles. The molecule has 0 radical (unpaired) electrons. The van der Waals surface area contributed by atoms with E-state index in [2.05, 4.69) is 29.3 Å². The zero-order valence-corrected chi connectivity index (χ0v) is 12.2. The molecular weight excluding hydrogens is 240 g/mol. The number of hydrogen-bond donors (Lipinski definition) is 2. The largest absolute Gasteiger partial charge is 0.389 e. The number of nitrogens with zero attached hydrogens (tertiary/aromatic N) is 1. The van der Waals surface area contributed by atoms with Crippen LogP contribution >= 0.6 is 0 Å². The van der Waals surface area contributed by atoms with Crippen molar-refractivity contribution < 1.29 is 9.84 Å². The van der Waals surface area contributed by atoms with E-state index in [9.17, 15) is 5.11 Å². The van der Waals surface area contributed by atoms with Gasteiger partial charge in [-0.3, -0.25) is 0 Å². The maximum Gasteiger partial charge on any atom is 0.0945 e. The van der Waals surface area contributed by atoms with Crippen molar-refractivity contribution in [1.29, 1.82) is 0 Å². The summed E-state index contributed by atoms with van der Waals surface area (Å²) in [6.45, 7) is 3.74. The van der Waals surface area contributed by atoms with Crippen molar-refractivity contribution in [2.45, 2.75) is 25.9 Å². The zero-order valence-electron chi connectivity index (χ0n) is 12.2. The van der Waals surface area contributed by atoms with Crippen molar-refractivity contribution >= 4 is 11.4 Å². The van der Waals surface area contributed by atoms with Gasteiger partial charge in [0.1, 0.15) is 0 Å². The number of anilines is 2. The summed E-state index contributed by atoms with van der Waals surface area (Å²) in [5, 5.41) is 13.0. The Labute approximate surface area is 116 Å². The van der Waals surface area contributed by atoms with Gasteiger partial charge < -0.3 is 20.1 Å². The fourth-order valence-electron chi connectivity index (χ4n) is 1.65. The van der Waals surface area contributed by atoms with E-state index in [1.165, 1.54) is 0 Å². The van der Waals surface area contributed by atoms with Gasteiger partial charge in [0.2, 0.25) is 0 Å². The second-order valence-electron chi connectivity index (χ2n) is 4.91. The van der Waals surface area contributed by atoms with E-state index in [0.717, 1.165) is 30.8 Å². The van der Waals surface area contributed by atoms with Crippen LogP contribution in [0.4, 0.5) is 11.4 Å². The van der Waals surface area contributed by atoms with E-state index in [-0.39, 0.29) is 0 Å².